The van der Waals surface area contributed by atoms with E-state index in [0.717, 1.165) is 22.2 Å². The molecule has 2 aliphatic rings. The average molecular weight is 662 g/mol. The van der Waals surface area contributed by atoms with Crippen molar-refractivity contribution in [3.8, 4) is 11.4 Å². The lowest BCUT2D eigenvalue weighted by Crippen LogP contribution is -2.54. The molecule has 252 valence electrons. The number of cyclic esters (lactones) is 1. The predicted molar refractivity (Wildman–Crippen MR) is 183 cm³/mol. The summed E-state index contributed by atoms with van der Waals surface area (Å²) in [5.74, 6) is -1.03. The van der Waals surface area contributed by atoms with Gasteiger partial charge in [-0.25, -0.2) is 14.6 Å². The summed E-state index contributed by atoms with van der Waals surface area (Å²) in [6.07, 6.45) is -0.820. The van der Waals surface area contributed by atoms with Crippen LogP contribution in [0.5, 0.6) is 0 Å². The van der Waals surface area contributed by atoms with Crippen LogP contribution in [0.4, 0.5) is 4.79 Å². The number of aromatic nitrogens is 2. The highest BCUT2D eigenvalue weighted by Crippen LogP contribution is 2.47. The van der Waals surface area contributed by atoms with Crippen LogP contribution in [0.3, 0.4) is 0 Å². The first kappa shape index (κ1) is 34.3. The minimum atomic E-state index is -2.22. The molecule has 0 fully saturated rings. The molecule has 0 saturated carbocycles. The fourth-order valence-electron chi connectivity index (χ4n) is 6.77. The molecule has 5 rings (SSSR count). The van der Waals surface area contributed by atoms with E-state index >= 15 is 0 Å². The second kappa shape index (κ2) is 11.9. The number of esters is 2. The number of amides is 1. The van der Waals surface area contributed by atoms with Gasteiger partial charge in [0.25, 0.3) is 5.56 Å². The summed E-state index contributed by atoms with van der Waals surface area (Å²) in [5.41, 5.74) is 1.01. The van der Waals surface area contributed by atoms with E-state index < -0.39 is 37.3 Å². The van der Waals surface area contributed by atoms with Crippen molar-refractivity contribution in [2.24, 2.45) is 5.92 Å². The second-order valence-electron chi connectivity index (χ2n) is 15.1. The predicted octanol–water partition coefficient (Wildman–Crippen LogP) is 5.90. The Morgan fingerprint density at radius 2 is 1.79 bits per heavy atom. The highest BCUT2D eigenvalue weighted by molar-refractivity contribution is 6.94. The Morgan fingerprint density at radius 1 is 1.11 bits per heavy atom. The SMILES string of the molecule is CCC1(OC(=O)CCNC(=O)OC(C)(C)C)C(=O)OCc2c1cc1n(c2=O)Cc2c-1nc1ccccc1c2[Si](C)(C)C(C)(C)C(C)C. The van der Waals surface area contributed by atoms with Gasteiger partial charge in [-0.1, -0.05) is 65.9 Å². The van der Waals surface area contributed by atoms with Crippen molar-refractivity contribution in [1.29, 1.82) is 0 Å². The number of ether oxygens (including phenoxy) is 3. The van der Waals surface area contributed by atoms with Gasteiger partial charge in [0.2, 0.25) is 5.60 Å². The summed E-state index contributed by atoms with van der Waals surface area (Å²) >= 11 is 0. The number of benzene rings is 1. The van der Waals surface area contributed by atoms with Crippen LogP contribution < -0.4 is 16.1 Å². The van der Waals surface area contributed by atoms with E-state index in [2.05, 4.69) is 52.2 Å². The molecule has 4 heterocycles. The largest absolute Gasteiger partial charge is 0.457 e. The van der Waals surface area contributed by atoms with E-state index in [1.807, 2.05) is 18.2 Å². The normalized spacial score (nSPS) is 17.6. The first-order valence-electron chi connectivity index (χ1n) is 16.4. The maximum absolute atomic E-state index is 14.2. The van der Waals surface area contributed by atoms with Gasteiger partial charge in [-0.05, 0) is 66.4 Å². The number of pyridine rings is 2. The van der Waals surface area contributed by atoms with Crippen LogP contribution in [0, 0.1) is 5.92 Å². The molecule has 11 heteroatoms. The fourth-order valence-corrected chi connectivity index (χ4v) is 10.7. The van der Waals surface area contributed by atoms with Crippen molar-refractivity contribution < 1.29 is 28.6 Å². The maximum Gasteiger partial charge on any atom is 0.407 e. The summed E-state index contributed by atoms with van der Waals surface area (Å²) < 4.78 is 18.4. The minimum absolute atomic E-state index is 0.0219. The molecular weight excluding hydrogens is 614 g/mol. The molecule has 1 aromatic carbocycles. The monoisotopic (exact) mass is 661 g/mol. The van der Waals surface area contributed by atoms with Crippen molar-refractivity contribution in [2.45, 2.75) is 111 Å². The van der Waals surface area contributed by atoms with E-state index in [4.69, 9.17) is 19.2 Å². The highest BCUT2D eigenvalue weighted by Gasteiger charge is 2.51. The fraction of sp³-hybridized carbons (Fsp3) is 0.528. The van der Waals surface area contributed by atoms with Gasteiger partial charge in [0.05, 0.1) is 43.5 Å². The molecule has 0 aliphatic carbocycles. The van der Waals surface area contributed by atoms with E-state index in [1.54, 1.807) is 38.3 Å². The quantitative estimate of drug-likeness (QED) is 0.141. The number of hydrogen-bond donors (Lipinski definition) is 1. The van der Waals surface area contributed by atoms with Crippen molar-refractivity contribution in [2.75, 3.05) is 6.54 Å². The molecule has 0 bridgehead atoms. The van der Waals surface area contributed by atoms with Gasteiger partial charge in [0.1, 0.15) is 12.2 Å². The number of hydrogen-bond acceptors (Lipinski definition) is 8. The van der Waals surface area contributed by atoms with E-state index in [1.165, 1.54) is 5.19 Å². The van der Waals surface area contributed by atoms with Gasteiger partial charge in [-0.15, -0.1) is 0 Å². The van der Waals surface area contributed by atoms with Crippen molar-refractivity contribution in [3.05, 3.63) is 57.4 Å². The molecule has 3 aromatic rings. The molecule has 1 unspecified atom stereocenters. The molecule has 0 radical (unpaired) electrons. The van der Waals surface area contributed by atoms with Gasteiger partial charge in [0.15, 0.2) is 0 Å². The van der Waals surface area contributed by atoms with E-state index in [0.29, 0.717) is 23.7 Å². The minimum Gasteiger partial charge on any atom is -0.457 e. The Morgan fingerprint density at radius 3 is 2.43 bits per heavy atom. The Kier molecular flexibility index (Phi) is 8.70. The van der Waals surface area contributed by atoms with Crippen molar-refractivity contribution in [3.63, 3.8) is 0 Å². The van der Waals surface area contributed by atoms with E-state index in [-0.39, 0.29) is 42.2 Å². The van der Waals surface area contributed by atoms with Crippen LogP contribution in [0.1, 0.15) is 84.9 Å². The lowest BCUT2D eigenvalue weighted by atomic mass is 9.85. The number of para-hydroxylation sites is 1. The zero-order valence-corrected chi connectivity index (χ0v) is 30.3. The van der Waals surface area contributed by atoms with E-state index in [9.17, 15) is 19.2 Å². The highest BCUT2D eigenvalue weighted by atomic mass is 28.3. The third kappa shape index (κ3) is 5.76. The molecule has 1 N–H and O–H groups in total. The first-order valence-corrected chi connectivity index (χ1v) is 19.4. The number of rotatable bonds is 8. The summed E-state index contributed by atoms with van der Waals surface area (Å²) in [6, 6.07) is 9.94. The van der Waals surface area contributed by atoms with Crippen LogP contribution in [0.25, 0.3) is 22.3 Å². The van der Waals surface area contributed by atoms with Crippen LogP contribution >= 0.6 is 0 Å². The summed E-state index contributed by atoms with van der Waals surface area (Å²) in [7, 11) is -2.22. The standard InChI is InChI=1S/C36H47N3O7Si/c1-11-36(45-28(40)16-17-37-33(43)46-34(4,5)6)25-18-27-29-23(19-39(27)31(41)24(25)20-44-32(36)42)30(22-14-12-13-15-26(22)38-29)47(9,10)35(7,8)21(2)3/h12-15,18,21H,11,16-17,19-20H2,1-10H3,(H,37,43). The van der Waals surface area contributed by atoms with Gasteiger partial charge < -0.3 is 24.1 Å². The Bertz CT molecular complexity index is 1840. The average Bonchev–Trinajstić information content (AvgIpc) is 3.34. The molecule has 47 heavy (non-hydrogen) atoms. The van der Waals surface area contributed by atoms with Crippen molar-refractivity contribution >= 4 is 42.2 Å². The Balaban J connectivity index is 1.60. The summed E-state index contributed by atoms with van der Waals surface area (Å²) in [4.78, 5) is 58.0. The molecule has 1 amide bonds. The molecule has 2 aromatic heterocycles. The first-order chi connectivity index (χ1) is 21.9. The number of carbonyl (C=O) groups is 3. The van der Waals surface area contributed by atoms with Crippen LogP contribution in [-0.2, 0) is 42.6 Å². The number of alkyl carbamates (subject to hydrolysis) is 1. The van der Waals surface area contributed by atoms with Gasteiger partial charge in [-0.2, -0.15) is 0 Å². The Labute approximate surface area is 277 Å². The molecule has 10 nitrogen and oxygen atoms in total. The van der Waals surface area contributed by atoms with Crippen LogP contribution in [-0.4, -0.2) is 47.8 Å². The van der Waals surface area contributed by atoms with Gasteiger partial charge in [0, 0.05) is 12.1 Å². The van der Waals surface area contributed by atoms with Crippen LogP contribution in [0.15, 0.2) is 35.1 Å². The third-order valence-corrected chi connectivity index (χ3v) is 16.1. The third-order valence-electron chi connectivity index (χ3n) is 10.5. The topological polar surface area (TPSA) is 126 Å². The Hall–Kier alpha value is -3.99. The molecule has 0 saturated heterocycles. The van der Waals surface area contributed by atoms with Crippen LogP contribution in [0.2, 0.25) is 18.1 Å². The zero-order valence-electron chi connectivity index (χ0n) is 29.3. The molecule has 2 aliphatic heterocycles. The number of fused-ring (bicyclic) bond motifs is 5. The summed E-state index contributed by atoms with van der Waals surface area (Å²) in [5, 5.41) is 4.95. The number of nitrogens with zero attached hydrogens (tertiary/aromatic N) is 2. The van der Waals surface area contributed by atoms with Gasteiger partial charge >= 0.3 is 18.0 Å². The van der Waals surface area contributed by atoms with Gasteiger partial charge in [-0.3, -0.25) is 9.59 Å². The number of nitrogens with one attached hydrogen (secondary N) is 1. The molecule has 1 atom stereocenters. The molecule has 0 spiro atoms. The smallest absolute Gasteiger partial charge is 0.407 e. The van der Waals surface area contributed by atoms with Crippen molar-refractivity contribution in [1.82, 2.24) is 14.9 Å². The molecular formula is C36H47N3O7Si. The second-order valence-corrected chi connectivity index (χ2v) is 20.1. The zero-order chi connectivity index (χ0) is 34.7. The maximum atomic E-state index is 14.2. The summed E-state index contributed by atoms with van der Waals surface area (Å²) in [6.45, 7) is 21.0. The lowest BCUT2D eigenvalue weighted by molar-refractivity contribution is -0.189. The lowest BCUT2D eigenvalue weighted by Gasteiger charge is -2.45. The number of carbonyl (C=O) groups excluding carboxylic acids is 3.